The van der Waals surface area contributed by atoms with Gasteiger partial charge in [0.15, 0.2) is 5.96 Å². The van der Waals surface area contributed by atoms with Gasteiger partial charge in [-0.2, -0.15) is 0 Å². The highest BCUT2D eigenvalue weighted by Gasteiger charge is 2.38. The molecule has 96 valence electrons. The van der Waals surface area contributed by atoms with Crippen LogP contribution in [0, 0.1) is 0 Å². The Morgan fingerprint density at radius 2 is 2.33 bits per heavy atom. The van der Waals surface area contributed by atoms with Crippen LogP contribution in [0.25, 0.3) is 0 Å². The van der Waals surface area contributed by atoms with Gasteiger partial charge in [-0.1, -0.05) is 22.0 Å². The summed E-state index contributed by atoms with van der Waals surface area (Å²) in [5, 5.41) is 6.57. The maximum absolute atomic E-state index is 5.48. The summed E-state index contributed by atoms with van der Waals surface area (Å²) in [5.41, 5.74) is 8.47. The molecule has 1 aromatic carbocycles. The van der Waals surface area contributed by atoms with E-state index in [1.54, 1.807) is 0 Å². The van der Waals surface area contributed by atoms with Crippen molar-refractivity contribution in [2.45, 2.75) is 24.8 Å². The van der Waals surface area contributed by atoms with Gasteiger partial charge in [0.05, 0.1) is 18.8 Å². The maximum Gasteiger partial charge on any atom is 0.192 e. The van der Waals surface area contributed by atoms with Gasteiger partial charge in [-0.25, -0.2) is 0 Å². The molecule has 1 aromatic rings. The molecule has 0 radical (unpaired) electrons. The van der Waals surface area contributed by atoms with Gasteiger partial charge < -0.3 is 16.4 Å². The van der Waals surface area contributed by atoms with Gasteiger partial charge in [-0.3, -0.25) is 4.99 Å². The molecule has 0 saturated heterocycles. The Bertz CT molecular complexity index is 500. The minimum absolute atomic E-state index is 0.0956. The second-order valence-electron chi connectivity index (χ2n) is 5.04. The molecule has 0 bridgehead atoms. The number of halogens is 1. The summed E-state index contributed by atoms with van der Waals surface area (Å²) < 4.78 is 1.17. The van der Waals surface area contributed by atoms with E-state index >= 15 is 0 Å². The lowest BCUT2D eigenvalue weighted by atomic mass is 9.78. The predicted octanol–water partition coefficient (Wildman–Crippen LogP) is 1.14. The lowest BCUT2D eigenvalue weighted by Gasteiger charge is -2.35. The molecule has 0 fully saturated rings. The second-order valence-corrected chi connectivity index (χ2v) is 5.96. The van der Waals surface area contributed by atoms with Crippen molar-refractivity contribution < 1.29 is 0 Å². The quantitative estimate of drug-likeness (QED) is 0.682. The molecule has 5 heteroatoms. The fourth-order valence-corrected chi connectivity index (χ4v) is 3.23. The van der Waals surface area contributed by atoms with Crippen LogP contribution in [0.2, 0.25) is 0 Å². The van der Waals surface area contributed by atoms with Crippen molar-refractivity contribution in [2.24, 2.45) is 10.7 Å². The van der Waals surface area contributed by atoms with Crippen LogP contribution in [0.15, 0.2) is 27.7 Å². The van der Waals surface area contributed by atoms with Crippen molar-refractivity contribution >= 4 is 21.9 Å². The molecule has 0 aromatic heterocycles. The molecular weight excluding hydrogens is 292 g/mol. The Morgan fingerprint density at radius 3 is 3.17 bits per heavy atom. The van der Waals surface area contributed by atoms with E-state index in [2.05, 4.69) is 49.8 Å². The zero-order valence-corrected chi connectivity index (χ0v) is 11.8. The summed E-state index contributed by atoms with van der Waals surface area (Å²) in [6, 6.07) is 6.57. The number of guanidine groups is 1. The van der Waals surface area contributed by atoms with Crippen molar-refractivity contribution in [2.75, 3.05) is 13.2 Å². The first-order valence-electron chi connectivity index (χ1n) is 6.25. The number of fused-ring (bicyclic) bond motifs is 1. The number of hydrogen-bond donors (Lipinski definition) is 3. The summed E-state index contributed by atoms with van der Waals surface area (Å²) in [5.74, 6) is 0.845. The van der Waals surface area contributed by atoms with E-state index in [-0.39, 0.29) is 5.54 Å². The van der Waals surface area contributed by atoms with E-state index in [4.69, 9.17) is 5.73 Å². The van der Waals surface area contributed by atoms with E-state index in [1.807, 2.05) is 0 Å². The summed E-state index contributed by atoms with van der Waals surface area (Å²) in [4.78, 5) is 4.50. The Kier molecular flexibility index (Phi) is 3.03. The topological polar surface area (TPSA) is 62.4 Å². The minimum atomic E-state index is 0.0956. The molecule has 0 saturated carbocycles. The highest BCUT2D eigenvalue weighted by molar-refractivity contribution is 9.10. The summed E-state index contributed by atoms with van der Waals surface area (Å²) in [6.45, 7) is 1.26. The molecule has 0 amide bonds. The number of benzene rings is 1. The molecule has 1 aliphatic heterocycles. The molecule has 3 rings (SSSR count). The van der Waals surface area contributed by atoms with Crippen LogP contribution in [0.3, 0.4) is 0 Å². The first-order chi connectivity index (χ1) is 8.71. The zero-order valence-electron chi connectivity index (χ0n) is 10.2. The average molecular weight is 309 g/mol. The third-order valence-electron chi connectivity index (χ3n) is 3.76. The zero-order chi connectivity index (χ0) is 12.6. The number of rotatable bonds is 1. The van der Waals surface area contributed by atoms with Gasteiger partial charge in [-0.15, -0.1) is 0 Å². The molecule has 1 heterocycles. The fraction of sp³-hybridized carbons (Fsp3) is 0.462. The van der Waals surface area contributed by atoms with Gasteiger partial charge in [0, 0.05) is 4.47 Å². The largest absolute Gasteiger partial charge is 0.349 e. The van der Waals surface area contributed by atoms with Crippen LogP contribution < -0.4 is 16.4 Å². The molecule has 1 atom stereocenters. The Hall–Kier alpha value is -1.07. The van der Waals surface area contributed by atoms with Crippen molar-refractivity contribution in [3.05, 3.63) is 33.8 Å². The summed E-state index contributed by atoms with van der Waals surface area (Å²) >= 11 is 3.53. The first-order valence-corrected chi connectivity index (χ1v) is 7.04. The maximum atomic E-state index is 5.48. The standard InChI is InChI=1S/C13H17BrN4/c14-11-2-1-10-6-13(4-3-9(10)5-11)7-16-12(18-13)17-8-15/h1-2,5H,3-4,6-8,15H2,(H2,16,17,18). The van der Waals surface area contributed by atoms with E-state index < -0.39 is 0 Å². The van der Waals surface area contributed by atoms with Gasteiger partial charge in [0.25, 0.3) is 0 Å². The molecule has 1 unspecified atom stereocenters. The van der Waals surface area contributed by atoms with Crippen LogP contribution in [0.5, 0.6) is 0 Å². The number of hydrogen-bond acceptors (Lipinski definition) is 4. The van der Waals surface area contributed by atoms with Crippen LogP contribution in [0.1, 0.15) is 17.5 Å². The molecular formula is C13H17BrN4. The van der Waals surface area contributed by atoms with Crippen molar-refractivity contribution in [3.63, 3.8) is 0 Å². The van der Waals surface area contributed by atoms with E-state index in [0.29, 0.717) is 6.67 Å². The van der Waals surface area contributed by atoms with Gasteiger partial charge in [-0.05, 0) is 42.5 Å². The lowest BCUT2D eigenvalue weighted by molar-refractivity contribution is 0.360. The molecule has 18 heavy (non-hydrogen) atoms. The predicted molar refractivity (Wildman–Crippen MR) is 76.5 cm³/mol. The van der Waals surface area contributed by atoms with Gasteiger partial charge >= 0.3 is 0 Å². The van der Waals surface area contributed by atoms with Crippen LogP contribution in [0.4, 0.5) is 0 Å². The third-order valence-corrected chi connectivity index (χ3v) is 4.26. The van der Waals surface area contributed by atoms with Crippen molar-refractivity contribution in [3.8, 4) is 0 Å². The number of nitrogens with one attached hydrogen (secondary N) is 2. The molecule has 4 nitrogen and oxygen atoms in total. The molecule has 1 aliphatic carbocycles. The summed E-state index contributed by atoms with van der Waals surface area (Å²) in [6.07, 6.45) is 3.26. The number of nitrogens with zero attached hydrogens (tertiary/aromatic N) is 1. The second kappa shape index (κ2) is 4.55. The normalized spacial score (nSPS) is 25.6. The fourth-order valence-electron chi connectivity index (χ4n) is 2.83. The SMILES string of the molecule is NCNC1=NCC2(CCc3cc(Br)ccc3C2)N1. The van der Waals surface area contributed by atoms with Crippen LogP contribution in [-0.2, 0) is 12.8 Å². The Balaban J connectivity index is 1.78. The number of aliphatic imine (C=N–C) groups is 1. The van der Waals surface area contributed by atoms with Crippen molar-refractivity contribution in [1.82, 2.24) is 10.6 Å². The summed E-state index contributed by atoms with van der Waals surface area (Å²) in [7, 11) is 0. The first kappa shape index (κ1) is 12.0. The highest BCUT2D eigenvalue weighted by Crippen LogP contribution is 2.32. The van der Waals surface area contributed by atoms with Crippen LogP contribution in [-0.4, -0.2) is 24.7 Å². The number of aryl methyl sites for hydroxylation is 1. The average Bonchev–Trinajstić information content (AvgIpc) is 2.74. The lowest BCUT2D eigenvalue weighted by Crippen LogP contribution is -2.53. The Labute approximate surface area is 115 Å². The molecule has 4 N–H and O–H groups in total. The van der Waals surface area contributed by atoms with E-state index in [9.17, 15) is 0 Å². The molecule has 1 spiro atoms. The van der Waals surface area contributed by atoms with Crippen molar-refractivity contribution in [1.29, 1.82) is 0 Å². The van der Waals surface area contributed by atoms with E-state index in [0.717, 1.165) is 31.8 Å². The smallest absolute Gasteiger partial charge is 0.192 e. The van der Waals surface area contributed by atoms with Gasteiger partial charge in [0.1, 0.15) is 0 Å². The molecule has 2 aliphatic rings. The van der Waals surface area contributed by atoms with Gasteiger partial charge in [0.2, 0.25) is 0 Å². The number of nitrogens with two attached hydrogens (primary N) is 1. The third kappa shape index (κ3) is 2.12. The van der Waals surface area contributed by atoms with Crippen LogP contribution >= 0.6 is 15.9 Å². The monoisotopic (exact) mass is 308 g/mol. The van der Waals surface area contributed by atoms with E-state index in [1.165, 1.54) is 15.6 Å². The minimum Gasteiger partial charge on any atom is -0.349 e. The highest BCUT2D eigenvalue weighted by atomic mass is 79.9. The Morgan fingerprint density at radius 1 is 1.44 bits per heavy atom.